The molecule has 0 aliphatic carbocycles. The first kappa shape index (κ1) is 16.7. The maximum absolute atomic E-state index is 12.2. The smallest absolute Gasteiger partial charge is 0.340 e. The van der Waals surface area contributed by atoms with Gasteiger partial charge >= 0.3 is 11.9 Å². The number of hydrogen-bond acceptors (Lipinski definition) is 5. The highest BCUT2D eigenvalue weighted by Gasteiger charge is 2.25. The van der Waals surface area contributed by atoms with Crippen molar-refractivity contribution in [3.63, 3.8) is 0 Å². The second-order valence-electron chi connectivity index (χ2n) is 4.38. The van der Waals surface area contributed by atoms with Crippen LogP contribution in [0.4, 0.5) is 0 Å². The Hall–Kier alpha value is -2.37. The van der Waals surface area contributed by atoms with Gasteiger partial charge in [-0.15, -0.1) is 0 Å². The molecule has 1 N–H and O–H groups in total. The highest BCUT2D eigenvalue weighted by Crippen LogP contribution is 2.20. The lowest BCUT2D eigenvalue weighted by molar-refractivity contribution is -0.136. The normalized spacial score (nSPS) is 10.7. The van der Waals surface area contributed by atoms with Crippen molar-refractivity contribution in [1.29, 1.82) is 0 Å². The largest absolute Gasteiger partial charge is 0.462 e. The number of ether oxygens (including phenoxy) is 2. The van der Waals surface area contributed by atoms with Crippen LogP contribution in [-0.4, -0.2) is 35.9 Å². The van der Waals surface area contributed by atoms with Gasteiger partial charge in [0.2, 0.25) is 5.78 Å². The van der Waals surface area contributed by atoms with E-state index in [2.05, 4.69) is 4.98 Å². The lowest BCUT2D eigenvalue weighted by Gasteiger charge is -2.06. The number of aromatic nitrogens is 1. The lowest BCUT2D eigenvalue weighted by atomic mass is 10.1. The van der Waals surface area contributed by atoms with Gasteiger partial charge in [0, 0.05) is 17.5 Å². The molecule has 0 bridgehead atoms. The minimum absolute atomic E-state index is 0.196. The van der Waals surface area contributed by atoms with E-state index in [9.17, 15) is 14.4 Å². The van der Waals surface area contributed by atoms with Crippen molar-refractivity contribution in [1.82, 2.24) is 4.98 Å². The standard InChI is InChI=1S/C15H19NO5/c1-5-7-12(18)21-8-11(17)13-9(3)16-10(4)14(13)15(19)20-6-2/h5,7,16H,6,8H2,1-4H3/b7-5+. The zero-order chi connectivity index (χ0) is 16.0. The summed E-state index contributed by atoms with van der Waals surface area (Å²) >= 11 is 0. The van der Waals surface area contributed by atoms with Gasteiger partial charge in [0.25, 0.3) is 0 Å². The average Bonchev–Trinajstić information content (AvgIpc) is 2.71. The molecule has 1 aromatic heterocycles. The van der Waals surface area contributed by atoms with Crippen molar-refractivity contribution in [2.75, 3.05) is 13.2 Å². The Morgan fingerprint density at radius 3 is 2.29 bits per heavy atom. The van der Waals surface area contributed by atoms with Gasteiger partial charge in [-0.3, -0.25) is 4.79 Å². The Kier molecular flexibility index (Phi) is 5.90. The van der Waals surface area contributed by atoms with Crippen LogP contribution in [0.25, 0.3) is 0 Å². The highest BCUT2D eigenvalue weighted by molar-refractivity contribution is 6.09. The number of aromatic amines is 1. The number of carbonyl (C=O) groups is 3. The second-order valence-corrected chi connectivity index (χ2v) is 4.38. The van der Waals surface area contributed by atoms with E-state index in [-0.39, 0.29) is 17.7 Å². The second kappa shape index (κ2) is 7.42. The Bertz CT molecular complexity index is 583. The first-order valence-corrected chi connectivity index (χ1v) is 6.61. The maximum atomic E-state index is 12.2. The summed E-state index contributed by atoms with van der Waals surface area (Å²) in [5, 5.41) is 0. The van der Waals surface area contributed by atoms with E-state index in [0.29, 0.717) is 11.4 Å². The number of allylic oxidation sites excluding steroid dienone is 1. The van der Waals surface area contributed by atoms with Gasteiger partial charge in [-0.2, -0.15) is 0 Å². The Balaban J connectivity index is 2.98. The summed E-state index contributed by atoms with van der Waals surface area (Å²) in [6.07, 6.45) is 2.73. The number of Topliss-reactive ketones (excluding diaryl/α,β-unsaturated/α-hetero) is 1. The number of carbonyl (C=O) groups excluding carboxylic acids is 3. The van der Waals surface area contributed by atoms with Crippen LogP contribution in [0.5, 0.6) is 0 Å². The van der Waals surface area contributed by atoms with E-state index in [0.717, 1.165) is 0 Å². The van der Waals surface area contributed by atoms with E-state index < -0.39 is 24.3 Å². The lowest BCUT2D eigenvalue weighted by Crippen LogP contribution is -2.17. The van der Waals surface area contributed by atoms with Crippen LogP contribution < -0.4 is 0 Å². The van der Waals surface area contributed by atoms with Crippen LogP contribution in [0, 0.1) is 13.8 Å². The van der Waals surface area contributed by atoms with Gasteiger partial charge in [0.15, 0.2) is 6.61 Å². The molecule has 0 aromatic carbocycles. The van der Waals surface area contributed by atoms with Crippen LogP contribution in [0.2, 0.25) is 0 Å². The first-order chi connectivity index (χ1) is 9.92. The van der Waals surface area contributed by atoms with Crippen LogP contribution in [0.1, 0.15) is 46.0 Å². The number of rotatable bonds is 6. The predicted octanol–water partition coefficient (Wildman–Crippen LogP) is 2.11. The number of aryl methyl sites for hydroxylation is 2. The quantitative estimate of drug-likeness (QED) is 0.493. The van der Waals surface area contributed by atoms with Gasteiger partial charge in [-0.05, 0) is 27.7 Å². The third kappa shape index (κ3) is 4.05. The molecule has 0 fully saturated rings. The molecule has 6 heteroatoms. The van der Waals surface area contributed by atoms with E-state index in [4.69, 9.17) is 9.47 Å². The van der Waals surface area contributed by atoms with Crippen molar-refractivity contribution in [2.24, 2.45) is 0 Å². The SMILES string of the molecule is C/C=C/C(=O)OCC(=O)c1c(C)[nH]c(C)c1C(=O)OCC. The van der Waals surface area contributed by atoms with Crippen LogP contribution in [0.15, 0.2) is 12.2 Å². The molecule has 1 heterocycles. The number of ketones is 1. The van der Waals surface area contributed by atoms with Gasteiger partial charge in [0.1, 0.15) is 0 Å². The van der Waals surface area contributed by atoms with Gasteiger partial charge < -0.3 is 14.5 Å². The molecule has 0 amide bonds. The molecule has 0 spiro atoms. The number of hydrogen-bond donors (Lipinski definition) is 1. The molecule has 0 radical (unpaired) electrons. The molecule has 0 atom stereocenters. The maximum Gasteiger partial charge on any atom is 0.340 e. The molecule has 0 saturated carbocycles. The molecular weight excluding hydrogens is 274 g/mol. The number of H-pyrrole nitrogens is 1. The monoisotopic (exact) mass is 293 g/mol. The molecular formula is C15H19NO5. The topological polar surface area (TPSA) is 85.5 Å². The average molecular weight is 293 g/mol. The molecule has 6 nitrogen and oxygen atoms in total. The summed E-state index contributed by atoms with van der Waals surface area (Å²) in [5.74, 6) is -1.62. The third-order valence-electron chi connectivity index (χ3n) is 2.78. The molecule has 0 aliphatic heterocycles. The summed E-state index contributed by atoms with van der Waals surface area (Å²) in [7, 11) is 0. The Labute approximate surface area is 123 Å². The molecule has 1 rings (SSSR count). The molecule has 0 aliphatic rings. The van der Waals surface area contributed by atoms with Crippen molar-refractivity contribution >= 4 is 17.7 Å². The van der Waals surface area contributed by atoms with E-state index in [1.54, 1.807) is 27.7 Å². The summed E-state index contributed by atoms with van der Waals surface area (Å²) in [6.45, 7) is 6.51. The predicted molar refractivity (Wildman–Crippen MR) is 76.3 cm³/mol. The number of nitrogens with one attached hydrogen (secondary N) is 1. The third-order valence-corrected chi connectivity index (χ3v) is 2.78. The summed E-state index contributed by atoms with van der Waals surface area (Å²) in [5.41, 5.74) is 1.50. The van der Waals surface area contributed by atoms with Crippen LogP contribution >= 0.6 is 0 Å². The molecule has 0 unspecified atom stereocenters. The van der Waals surface area contributed by atoms with Crippen LogP contribution in [-0.2, 0) is 14.3 Å². The molecule has 1 aromatic rings. The van der Waals surface area contributed by atoms with Gasteiger partial charge in [0.05, 0.1) is 17.7 Å². The summed E-state index contributed by atoms with van der Waals surface area (Å²) in [6, 6.07) is 0. The zero-order valence-electron chi connectivity index (χ0n) is 12.6. The van der Waals surface area contributed by atoms with Crippen molar-refractivity contribution in [3.05, 3.63) is 34.7 Å². The summed E-state index contributed by atoms with van der Waals surface area (Å²) in [4.78, 5) is 38.3. The van der Waals surface area contributed by atoms with Crippen molar-refractivity contribution < 1.29 is 23.9 Å². The minimum atomic E-state index is -0.603. The summed E-state index contributed by atoms with van der Waals surface area (Å²) < 4.78 is 9.76. The Morgan fingerprint density at radius 1 is 1.10 bits per heavy atom. The fourth-order valence-corrected chi connectivity index (χ4v) is 1.98. The molecule has 0 saturated heterocycles. The van der Waals surface area contributed by atoms with E-state index in [1.165, 1.54) is 12.2 Å². The number of esters is 2. The molecule has 21 heavy (non-hydrogen) atoms. The van der Waals surface area contributed by atoms with Crippen molar-refractivity contribution in [2.45, 2.75) is 27.7 Å². The van der Waals surface area contributed by atoms with Gasteiger partial charge in [-0.1, -0.05) is 6.08 Å². The van der Waals surface area contributed by atoms with E-state index in [1.807, 2.05) is 0 Å². The van der Waals surface area contributed by atoms with Crippen LogP contribution in [0.3, 0.4) is 0 Å². The van der Waals surface area contributed by atoms with E-state index >= 15 is 0 Å². The van der Waals surface area contributed by atoms with Crippen molar-refractivity contribution in [3.8, 4) is 0 Å². The van der Waals surface area contributed by atoms with Gasteiger partial charge in [-0.25, -0.2) is 9.59 Å². The fourth-order valence-electron chi connectivity index (χ4n) is 1.98. The minimum Gasteiger partial charge on any atom is -0.462 e. The molecule has 114 valence electrons. The Morgan fingerprint density at radius 2 is 1.71 bits per heavy atom. The first-order valence-electron chi connectivity index (χ1n) is 6.61. The highest BCUT2D eigenvalue weighted by atomic mass is 16.5. The zero-order valence-corrected chi connectivity index (χ0v) is 12.6. The fraction of sp³-hybridized carbons (Fsp3) is 0.400.